The zero-order valence-corrected chi connectivity index (χ0v) is 15.1. The Hall–Kier alpha value is -2.90. The van der Waals surface area contributed by atoms with Gasteiger partial charge in [0.1, 0.15) is 6.54 Å². The van der Waals surface area contributed by atoms with E-state index < -0.39 is 18.6 Å². The van der Waals surface area contributed by atoms with Gasteiger partial charge in [-0.2, -0.15) is 18.3 Å². The molecule has 0 spiro atoms. The van der Waals surface area contributed by atoms with Gasteiger partial charge >= 0.3 is 6.18 Å². The Morgan fingerprint density at radius 3 is 2.48 bits per heavy atom. The van der Waals surface area contributed by atoms with E-state index in [0.717, 1.165) is 11.1 Å². The highest BCUT2D eigenvalue weighted by Crippen LogP contribution is 2.27. The van der Waals surface area contributed by atoms with Crippen LogP contribution in [0.1, 0.15) is 35.8 Å². The summed E-state index contributed by atoms with van der Waals surface area (Å²) in [6, 6.07) is 9.02. The number of hydrogen-bond donors (Lipinski definition) is 1. The van der Waals surface area contributed by atoms with Crippen molar-refractivity contribution in [3.8, 4) is 11.3 Å². The second kappa shape index (κ2) is 7.02. The first kappa shape index (κ1) is 18.9. The lowest BCUT2D eigenvalue weighted by molar-refractivity contribution is -0.123. The van der Waals surface area contributed by atoms with Crippen molar-refractivity contribution in [3.05, 3.63) is 47.7 Å². The van der Waals surface area contributed by atoms with Crippen molar-refractivity contribution in [2.24, 2.45) is 0 Å². The highest BCUT2D eigenvalue weighted by Gasteiger charge is 2.28. The molecule has 0 saturated carbocycles. The number of aryl methyl sites for hydroxylation is 1. The number of aromatic nitrogens is 3. The zero-order valence-electron chi connectivity index (χ0n) is 15.1. The molecule has 0 aliphatic rings. The van der Waals surface area contributed by atoms with Gasteiger partial charge < -0.3 is 5.32 Å². The summed E-state index contributed by atoms with van der Waals surface area (Å²) in [4.78, 5) is 17.1. The van der Waals surface area contributed by atoms with Gasteiger partial charge in [0.05, 0.1) is 22.8 Å². The molecule has 3 aromatic rings. The number of nitrogens with zero attached hydrogens (tertiary/aromatic N) is 3. The van der Waals surface area contributed by atoms with E-state index in [9.17, 15) is 18.0 Å². The van der Waals surface area contributed by atoms with Crippen molar-refractivity contribution < 1.29 is 18.0 Å². The number of amides is 1. The second-order valence-electron chi connectivity index (χ2n) is 6.64. The number of pyridine rings is 1. The van der Waals surface area contributed by atoms with Crippen LogP contribution in [0, 0.1) is 6.92 Å². The predicted molar refractivity (Wildman–Crippen MR) is 96.5 cm³/mol. The number of hydrogen-bond acceptors (Lipinski definition) is 3. The SMILES string of the molecule is Cc1ccc(-c2cc(C(=O)NCC(F)(F)F)c3cnn(C(C)C)c3n2)cc1. The van der Waals surface area contributed by atoms with E-state index in [4.69, 9.17) is 0 Å². The summed E-state index contributed by atoms with van der Waals surface area (Å²) < 4.78 is 39.1. The third kappa shape index (κ3) is 4.10. The van der Waals surface area contributed by atoms with Crippen molar-refractivity contribution in [3.63, 3.8) is 0 Å². The van der Waals surface area contributed by atoms with E-state index in [-0.39, 0.29) is 11.6 Å². The van der Waals surface area contributed by atoms with Crippen LogP contribution in [0.5, 0.6) is 0 Å². The molecule has 142 valence electrons. The standard InChI is InChI=1S/C19H19F3N4O/c1-11(2)26-17-15(9-24-26)14(18(27)23-10-19(20,21)22)8-16(25-17)13-6-4-12(3)5-7-13/h4-9,11H,10H2,1-3H3,(H,23,27). The maximum Gasteiger partial charge on any atom is 0.405 e. The Balaban J connectivity index is 2.13. The molecular formula is C19H19F3N4O. The maximum absolute atomic E-state index is 12.5. The molecule has 0 aliphatic carbocycles. The topological polar surface area (TPSA) is 59.8 Å². The summed E-state index contributed by atoms with van der Waals surface area (Å²) in [6.07, 6.45) is -3.02. The molecule has 2 heterocycles. The van der Waals surface area contributed by atoms with Crippen molar-refractivity contribution in [1.29, 1.82) is 0 Å². The van der Waals surface area contributed by atoms with Crippen molar-refractivity contribution in [2.45, 2.75) is 33.0 Å². The first-order chi connectivity index (χ1) is 12.7. The third-order valence-electron chi connectivity index (χ3n) is 4.10. The number of carbonyl (C=O) groups excluding carboxylic acids is 1. The lowest BCUT2D eigenvalue weighted by Gasteiger charge is -2.12. The van der Waals surface area contributed by atoms with Gasteiger partial charge in [-0.05, 0) is 26.8 Å². The van der Waals surface area contributed by atoms with Crippen molar-refractivity contribution in [2.75, 3.05) is 6.54 Å². The molecule has 5 nitrogen and oxygen atoms in total. The van der Waals surface area contributed by atoms with Crippen LogP contribution in [0.25, 0.3) is 22.3 Å². The van der Waals surface area contributed by atoms with Crippen LogP contribution >= 0.6 is 0 Å². The average molecular weight is 376 g/mol. The summed E-state index contributed by atoms with van der Waals surface area (Å²) in [6.45, 7) is 4.38. The lowest BCUT2D eigenvalue weighted by atomic mass is 10.1. The lowest BCUT2D eigenvalue weighted by Crippen LogP contribution is -2.33. The number of benzene rings is 1. The molecule has 0 fully saturated rings. The zero-order chi connectivity index (χ0) is 19.8. The van der Waals surface area contributed by atoms with Crippen LogP contribution < -0.4 is 5.32 Å². The van der Waals surface area contributed by atoms with Gasteiger partial charge in [-0.25, -0.2) is 9.67 Å². The van der Waals surface area contributed by atoms with Gasteiger partial charge in [0.2, 0.25) is 0 Å². The molecule has 3 rings (SSSR count). The number of halogens is 3. The van der Waals surface area contributed by atoms with Crippen LogP contribution in [0.2, 0.25) is 0 Å². The summed E-state index contributed by atoms with van der Waals surface area (Å²) in [7, 11) is 0. The summed E-state index contributed by atoms with van der Waals surface area (Å²) in [5.41, 5.74) is 2.91. The van der Waals surface area contributed by atoms with Crippen LogP contribution in [0.4, 0.5) is 13.2 Å². The molecular weight excluding hydrogens is 357 g/mol. The Bertz CT molecular complexity index is 975. The van der Waals surface area contributed by atoms with Gasteiger partial charge in [0.15, 0.2) is 5.65 Å². The quantitative estimate of drug-likeness (QED) is 0.739. The molecule has 1 N–H and O–H groups in total. The van der Waals surface area contributed by atoms with E-state index in [1.165, 1.54) is 12.3 Å². The molecule has 2 aromatic heterocycles. The second-order valence-corrected chi connectivity index (χ2v) is 6.64. The fourth-order valence-corrected chi connectivity index (χ4v) is 2.73. The Kier molecular flexibility index (Phi) is 4.91. The third-order valence-corrected chi connectivity index (χ3v) is 4.10. The van der Waals surface area contributed by atoms with Crippen molar-refractivity contribution in [1.82, 2.24) is 20.1 Å². The van der Waals surface area contributed by atoms with E-state index >= 15 is 0 Å². The van der Waals surface area contributed by atoms with E-state index in [0.29, 0.717) is 16.7 Å². The monoisotopic (exact) mass is 376 g/mol. The molecule has 0 unspecified atom stereocenters. The van der Waals surface area contributed by atoms with Crippen LogP contribution in [0.15, 0.2) is 36.5 Å². The minimum absolute atomic E-state index is 0.0191. The fourth-order valence-electron chi connectivity index (χ4n) is 2.73. The molecule has 8 heteroatoms. The van der Waals surface area contributed by atoms with E-state index in [1.54, 1.807) is 4.68 Å². The number of rotatable bonds is 4. The highest BCUT2D eigenvalue weighted by molar-refractivity contribution is 6.06. The number of nitrogens with one attached hydrogen (secondary N) is 1. The number of fused-ring (bicyclic) bond motifs is 1. The van der Waals surface area contributed by atoms with E-state index in [2.05, 4.69) is 10.1 Å². The Morgan fingerprint density at radius 2 is 1.89 bits per heavy atom. The smallest absolute Gasteiger partial charge is 0.343 e. The van der Waals surface area contributed by atoms with E-state index in [1.807, 2.05) is 50.4 Å². The van der Waals surface area contributed by atoms with Crippen LogP contribution in [-0.2, 0) is 0 Å². The normalized spacial score (nSPS) is 12.0. The van der Waals surface area contributed by atoms with Crippen molar-refractivity contribution >= 4 is 16.9 Å². The summed E-state index contributed by atoms with van der Waals surface area (Å²) >= 11 is 0. The van der Waals surface area contributed by atoms with Gasteiger partial charge in [-0.15, -0.1) is 0 Å². The molecule has 0 saturated heterocycles. The average Bonchev–Trinajstić information content (AvgIpc) is 3.03. The molecule has 1 amide bonds. The number of carbonyl (C=O) groups is 1. The minimum atomic E-state index is -4.48. The minimum Gasteiger partial charge on any atom is -0.343 e. The maximum atomic E-state index is 12.5. The largest absolute Gasteiger partial charge is 0.405 e. The van der Waals surface area contributed by atoms with Gasteiger partial charge in [0, 0.05) is 11.6 Å². The molecule has 0 bridgehead atoms. The highest BCUT2D eigenvalue weighted by atomic mass is 19.4. The molecule has 0 atom stereocenters. The van der Waals surface area contributed by atoms with Gasteiger partial charge in [0.25, 0.3) is 5.91 Å². The summed E-state index contributed by atoms with van der Waals surface area (Å²) in [5.74, 6) is -0.809. The van der Waals surface area contributed by atoms with Gasteiger partial charge in [-0.1, -0.05) is 29.8 Å². The fraction of sp³-hybridized carbons (Fsp3) is 0.316. The van der Waals surface area contributed by atoms with Crippen LogP contribution in [0.3, 0.4) is 0 Å². The first-order valence-electron chi connectivity index (χ1n) is 8.46. The van der Waals surface area contributed by atoms with Gasteiger partial charge in [-0.3, -0.25) is 4.79 Å². The summed E-state index contributed by atoms with van der Waals surface area (Å²) in [5, 5.41) is 6.59. The molecule has 1 aromatic carbocycles. The predicted octanol–water partition coefficient (Wildman–Crippen LogP) is 4.28. The molecule has 0 radical (unpaired) electrons. The Morgan fingerprint density at radius 1 is 1.22 bits per heavy atom. The molecule has 0 aliphatic heterocycles. The Labute approximate surface area is 154 Å². The van der Waals surface area contributed by atoms with Crippen LogP contribution in [-0.4, -0.2) is 33.4 Å². The number of alkyl halides is 3. The first-order valence-corrected chi connectivity index (χ1v) is 8.46. The molecule has 27 heavy (non-hydrogen) atoms.